The molecular formula is C61H114N2O7P+. The first-order valence-corrected chi connectivity index (χ1v) is 30.9. The third-order valence-electron chi connectivity index (χ3n) is 13.0. The molecule has 4 unspecified atom stereocenters. The van der Waals surface area contributed by atoms with Gasteiger partial charge in [0.2, 0.25) is 5.91 Å². The molecule has 0 bridgehead atoms. The summed E-state index contributed by atoms with van der Waals surface area (Å²) in [6.07, 6.45) is 67.2. The molecule has 0 saturated heterocycles. The van der Waals surface area contributed by atoms with Crippen LogP contribution in [0.1, 0.15) is 251 Å². The normalized spacial score (nSPS) is 14.9. The minimum atomic E-state index is -4.43. The molecule has 0 radical (unpaired) electrons. The summed E-state index contributed by atoms with van der Waals surface area (Å²) in [7, 11) is 1.42. The van der Waals surface area contributed by atoms with Crippen molar-refractivity contribution in [3.8, 4) is 0 Å². The highest BCUT2D eigenvalue weighted by atomic mass is 31.2. The molecule has 4 N–H and O–H groups in total. The molecule has 0 aliphatic heterocycles. The van der Waals surface area contributed by atoms with Crippen LogP contribution < -0.4 is 5.32 Å². The Balaban J connectivity index is 4.06. The predicted molar refractivity (Wildman–Crippen MR) is 306 cm³/mol. The van der Waals surface area contributed by atoms with E-state index >= 15 is 0 Å². The lowest BCUT2D eigenvalue weighted by molar-refractivity contribution is -0.870. The van der Waals surface area contributed by atoms with Crippen molar-refractivity contribution in [1.82, 2.24) is 5.32 Å². The molecule has 0 heterocycles. The molecule has 0 rings (SSSR count). The number of phosphoric ester groups is 1. The Labute approximate surface area is 438 Å². The number of quaternary nitrogens is 1. The highest BCUT2D eigenvalue weighted by molar-refractivity contribution is 7.47. The molecule has 0 saturated carbocycles. The highest BCUT2D eigenvalue weighted by Crippen LogP contribution is 2.43. The maximum absolute atomic E-state index is 13.0. The Bertz CT molecular complexity index is 1400. The number of amides is 1. The van der Waals surface area contributed by atoms with Crippen molar-refractivity contribution >= 4 is 13.7 Å². The van der Waals surface area contributed by atoms with E-state index in [0.717, 1.165) is 64.2 Å². The fourth-order valence-electron chi connectivity index (χ4n) is 8.41. The number of allylic oxidation sites excluding steroid dienone is 12. The molecule has 1 amide bonds. The van der Waals surface area contributed by atoms with E-state index in [1.807, 2.05) is 21.1 Å². The first kappa shape index (κ1) is 68.9. The van der Waals surface area contributed by atoms with Gasteiger partial charge in [-0.3, -0.25) is 13.8 Å². The van der Waals surface area contributed by atoms with E-state index in [1.54, 1.807) is 0 Å². The van der Waals surface area contributed by atoms with Crippen molar-refractivity contribution in [3.63, 3.8) is 0 Å². The maximum atomic E-state index is 13.0. The van der Waals surface area contributed by atoms with Crippen molar-refractivity contribution < 1.29 is 38.0 Å². The number of phosphoric acid groups is 1. The van der Waals surface area contributed by atoms with Gasteiger partial charge in [-0.15, -0.1) is 0 Å². The van der Waals surface area contributed by atoms with Crippen LogP contribution in [0.4, 0.5) is 0 Å². The van der Waals surface area contributed by atoms with Crippen LogP contribution in [0.25, 0.3) is 0 Å². The number of hydrogen-bond donors (Lipinski definition) is 4. The van der Waals surface area contributed by atoms with E-state index in [2.05, 4.69) is 92.1 Å². The van der Waals surface area contributed by atoms with Crippen LogP contribution in [-0.4, -0.2) is 84.6 Å². The third-order valence-corrected chi connectivity index (χ3v) is 14.0. The number of nitrogens with one attached hydrogen (secondary N) is 1. The summed E-state index contributed by atoms with van der Waals surface area (Å²) in [5.41, 5.74) is 0. The van der Waals surface area contributed by atoms with Gasteiger partial charge in [0.15, 0.2) is 0 Å². The van der Waals surface area contributed by atoms with Gasteiger partial charge in [-0.1, -0.05) is 234 Å². The van der Waals surface area contributed by atoms with Crippen molar-refractivity contribution in [2.45, 2.75) is 270 Å². The van der Waals surface area contributed by atoms with Gasteiger partial charge in [-0.2, -0.15) is 0 Å². The van der Waals surface area contributed by atoms with Gasteiger partial charge < -0.3 is 24.9 Å². The molecule has 0 aromatic rings. The Morgan fingerprint density at radius 3 is 1.30 bits per heavy atom. The Kier molecular flexibility index (Phi) is 49.9. The molecular weight excluding hydrogens is 904 g/mol. The van der Waals surface area contributed by atoms with Crippen LogP contribution in [-0.2, 0) is 18.4 Å². The minimum Gasteiger partial charge on any atom is -0.390 e. The number of carbonyl (C=O) groups is 1. The summed E-state index contributed by atoms with van der Waals surface area (Å²) >= 11 is 0. The van der Waals surface area contributed by atoms with Crippen molar-refractivity contribution in [1.29, 1.82) is 0 Å². The van der Waals surface area contributed by atoms with Crippen LogP contribution in [0.15, 0.2) is 72.9 Å². The van der Waals surface area contributed by atoms with E-state index in [9.17, 15) is 24.5 Å². The van der Waals surface area contributed by atoms with Crippen molar-refractivity contribution in [2.24, 2.45) is 0 Å². The monoisotopic (exact) mass is 1020 g/mol. The van der Waals surface area contributed by atoms with E-state index < -0.39 is 32.7 Å². The summed E-state index contributed by atoms with van der Waals surface area (Å²) in [5.74, 6) is -0.267. The zero-order valence-electron chi connectivity index (χ0n) is 46.8. The second-order valence-electron chi connectivity index (χ2n) is 21.1. The average Bonchev–Trinajstić information content (AvgIpc) is 3.33. The van der Waals surface area contributed by atoms with Gasteiger partial charge in [0.05, 0.1) is 39.9 Å². The van der Waals surface area contributed by atoms with Gasteiger partial charge in [-0.25, -0.2) is 4.57 Å². The molecule has 71 heavy (non-hydrogen) atoms. The Morgan fingerprint density at radius 1 is 0.507 bits per heavy atom. The largest absolute Gasteiger partial charge is 0.472 e. The van der Waals surface area contributed by atoms with Gasteiger partial charge in [0, 0.05) is 6.42 Å². The second-order valence-corrected chi connectivity index (χ2v) is 22.6. The molecule has 4 atom stereocenters. The number of aliphatic hydroxyl groups excluding tert-OH is 2. The van der Waals surface area contributed by atoms with E-state index in [0.29, 0.717) is 23.9 Å². The predicted octanol–water partition coefficient (Wildman–Crippen LogP) is 16.8. The number of rotatable bonds is 53. The lowest BCUT2D eigenvalue weighted by Crippen LogP contribution is -2.51. The molecule has 10 heteroatoms. The number of hydrogen-bond acceptors (Lipinski definition) is 6. The smallest absolute Gasteiger partial charge is 0.390 e. The first-order chi connectivity index (χ1) is 34.4. The SMILES string of the molecule is CC/C=C\C/C=C\C/C=C\C/C=C\C/C=C\CCCCCCCCCCCCCCCCCCCCCC(=O)NC(COP(=O)(O)OCC[N+](C)(C)C)C(O)C(O)CCC/C=C/CCCCCCCCC. The quantitative estimate of drug-likeness (QED) is 0.0207. The lowest BCUT2D eigenvalue weighted by atomic mass is 10.0. The zero-order chi connectivity index (χ0) is 52.2. The molecule has 9 nitrogen and oxygen atoms in total. The van der Waals surface area contributed by atoms with Crippen LogP contribution in [0.2, 0.25) is 0 Å². The van der Waals surface area contributed by atoms with Gasteiger partial charge in [-0.05, 0) is 83.5 Å². The molecule has 414 valence electrons. The fraction of sp³-hybridized carbons (Fsp3) is 0.787. The van der Waals surface area contributed by atoms with E-state index in [-0.39, 0.29) is 18.9 Å². The summed E-state index contributed by atoms with van der Waals surface area (Å²) in [5, 5.41) is 24.8. The maximum Gasteiger partial charge on any atom is 0.472 e. The number of aliphatic hydroxyl groups is 2. The minimum absolute atomic E-state index is 0.0156. The number of carbonyl (C=O) groups excluding carboxylic acids is 1. The molecule has 0 aromatic carbocycles. The summed E-state index contributed by atoms with van der Waals surface area (Å²) in [6.45, 7) is 4.47. The number of likely N-dealkylation sites (N-methyl/N-ethyl adjacent to an activating group) is 1. The third kappa shape index (κ3) is 52.6. The summed E-state index contributed by atoms with van der Waals surface area (Å²) < 4.78 is 23.6. The number of unbranched alkanes of at least 4 members (excludes halogenated alkanes) is 27. The van der Waals surface area contributed by atoms with Crippen molar-refractivity contribution in [2.75, 3.05) is 40.9 Å². The average molecular weight is 1020 g/mol. The molecule has 0 aliphatic rings. The summed E-state index contributed by atoms with van der Waals surface area (Å²) in [6, 6.07) is -1.05. The fourth-order valence-corrected chi connectivity index (χ4v) is 9.14. The van der Waals surface area contributed by atoms with Crippen LogP contribution in [0, 0.1) is 0 Å². The zero-order valence-corrected chi connectivity index (χ0v) is 47.7. The molecule has 0 spiro atoms. The first-order valence-electron chi connectivity index (χ1n) is 29.4. The standard InChI is InChI=1S/C61H113N2O7P/c1-6-8-10-12-14-16-18-20-21-22-23-24-25-26-27-28-29-30-31-32-33-34-35-36-37-38-39-40-41-42-44-46-48-50-52-54-60(65)62-58(57-70-71(67,68)69-56-55-63(3,4)5)61(66)59(64)53-51-49-47-45-43-19-17-15-13-11-9-7-2/h8,10,14,16,20-21,23-24,26-27,45,47,58-59,61,64,66H,6-7,9,11-13,15,17-19,22,25,28-44,46,48-57H2,1-5H3,(H-,62,65,67,68)/p+1/b10-8-,16-14-,21-20-,24-23-,27-26-,47-45+. The van der Waals surface area contributed by atoms with E-state index in [1.165, 1.54) is 154 Å². The van der Waals surface area contributed by atoms with Crippen LogP contribution >= 0.6 is 7.82 Å². The van der Waals surface area contributed by atoms with Crippen LogP contribution in [0.3, 0.4) is 0 Å². The lowest BCUT2D eigenvalue weighted by Gasteiger charge is -2.28. The second kappa shape index (κ2) is 51.4. The number of nitrogens with zero attached hydrogens (tertiary/aromatic N) is 1. The molecule has 0 aliphatic carbocycles. The van der Waals surface area contributed by atoms with Gasteiger partial charge >= 0.3 is 7.82 Å². The highest BCUT2D eigenvalue weighted by Gasteiger charge is 2.31. The van der Waals surface area contributed by atoms with Gasteiger partial charge in [0.25, 0.3) is 0 Å². The molecule has 0 fully saturated rings. The van der Waals surface area contributed by atoms with Crippen LogP contribution in [0.5, 0.6) is 0 Å². The Hall–Kier alpha value is -2.10. The van der Waals surface area contributed by atoms with Crippen molar-refractivity contribution in [3.05, 3.63) is 72.9 Å². The molecule has 0 aromatic heterocycles. The summed E-state index contributed by atoms with van der Waals surface area (Å²) in [4.78, 5) is 23.3. The topological polar surface area (TPSA) is 125 Å². The Morgan fingerprint density at radius 2 is 0.873 bits per heavy atom. The van der Waals surface area contributed by atoms with Gasteiger partial charge in [0.1, 0.15) is 19.3 Å². The van der Waals surface area contributed by atoms with E-state index in [4.69, 9.17) is 9.05 Å².